The number of benzene rings is 1. The smallest absolute Gasteiger partial charge is 0.103 e. The summed E-state index contributed by atoms with van der Waals surface area (Å²) < 4.78 is 0. The molecule has 1 saturated heterocycles. The molecule has 1 aromatic heterocycles. The number of pyridine rings is 1. The van der Waals surface area contributed by atoms with Crippen LogP contribution in [0, 0.1) is 0 Å². The molecule has 1 fully saturated rings. The zero-order valence-electron chi connectivity index (χ0n) is 14.7. The number of likely N-dealkylation sites (tertiary alicyclic amines) is 1. The third kappa shape index (κ3) is 3.76. The first-order valence-electron chi connectivity index (χ1n) is 9.39. The first-order chi connectivity index (χ1) is 12.2. The summed E-state index contributed by atoms with van der Waals surface area (Å²) in [4.78, 5) is 6.89. The fourth-order valence-electron chi connectivity index (χ4n) is 4.18. The second-order valence-corrected chi connectivity index (χ2v) is 7.44. The lowest BCUT2D eigenvalue weighted by Crippen LogP contribution is -2.46. The molecule has 25 heavy (non-hydrogen) atoms. The van der Waals surface area contributed by atoms with Gasteiger partial charge in [-0.15, -0.1) is 0 Å². The minimum atomic E-state index is -0.693. The maximum Gasteiger partial charge on any atom is 0.103 e. The summed E-state index contributed by atoms with van der Waals surface area (Å²) >= 11 is 0. The van der Waals surface area contributed by atoms with Crippen molar-refractivity contribution in [2.24, 2.45) is 0 Å². The van der Waals surface area contributed by atoms with Crippen LogP contribution in [-0.4, -0.2) is 40.7 Å². The van der Waals surface area contributed by atoms with E-state index >= 15 is 0 Å². The Kier molecular flexibility index (Phi) is 4.84. The van der Waals surface area contributed by atoms with Crippen molar-refractivity contribution in [1.82, 2.24) is 15.2 Å². The first kappa shape index (κ1) is 16.7. The van der Waals surface area contributed by atoms with E-state index in [-0.39, 0.29) is 0 Å². The van der Waals surface area contributed by atoms with Crippen LogP contribution in [0.5, 0.6) is 0 Å². The van der Waals surface area contributed by atoms with Gasteiger partial charge in [-0.1, -0.05) is 30.3 Å². The number of nitrogens with zero attached hydrogens (tertiary/aromatic N) is 2. The highest BCUT2D eigenvalue weighted by molar-refractivity contribution is 5.37. The number of aryl methyl sites for hydroxylation is 1. The van der Waals surface area contributed by atoms with Crippen LogP contribution >= 0.6 is 0 Å². The van der Waals surface area contributed by atoms with Crippen molar-refractivity contribution in [2.75, 3.05) is 19.6 Å². The second kappa shape index (κ2) is 7.24. The van der Waals surface area contributed by atoms with Crippen LogP contribution in [-0.2, 0) is 18.6 Å². The van der Waals surface area contributed by atoms with Gasteiger partial charge in [0, 0.05) is 38.4 Å². The van der Waals surface area contributed by atoms with Crippen molar-refractivity contribution in [1.29, 1.82) is 0 Å². The molecular weight excluding hydrogens is 310 g/mol. The van der Waals surface area contributed by atoms with E-state index in [0.29, 0.717) is 12.6 Å². The molecule has 0 saturated carbocycles. The van der Waals surface area contributed by atoms with E-state index in [1.165, 1.54) is 5.56 Å². The molecule has 2 heterocycles. The fourth-order valence-corrected chi connectivity index (χ4v) is 4.18. The standard InChI is InChI=1S/C21H27N3O/c25-21(11-8-17-5-1-2-7-20(17)21)16-23-18-9-13-24(14-10-18)15-19-6-3-4-12-22-19/h1-7,12,18,23,25H,8-11,13-16H2/t21-/m0/s1. The summed E-state index contributed by atoms with van der Waals surface area (Å²) in [5, 5.41) is 14.7. The molecule has 2 aliphatic rings. The number of nitrogens with one attached hydrogen (secondary N) is 1. The van der Waals surface area contributed by atoms with Crippen molar-refractivity contribution in [2.45, 2.75) is 43.9 Å². The molecule has 4 nitrogen and oxygen atoms in total. The number of rotatable bonds is 5. The zero-order valence-corrected chi connectivity index (χ0v) is 14.7. The van der Waals surface area contributed by atoms with Gasteiger partial charge in [0.15, 0.2) is 0 Å². The minimum absolute atomic E-state index is 0.497. The average Bonchev–Trinajstić information content (AvgIpc) is 3.00. The Morgan fingerprint density at radius 1 is 1.12 bits per heavy atom. The number of aromatic nitrogens is 1. The van der Waals surface area contributed by atoms with Gasteiger partial charge in [0.1, 0.15) is 5.60 Å². The van der Waals surface area contributed by atoms with Crippen LogP contribution in [0.1, 0.15) is 36.1 Å². The predicted molar refractivity (Wildman–Crippen MR) is 99.2 cm³/mol. The van der Waals surface area contributed by atoms with Crippen molar-refractivity contribution in [3.8, 4) is 0 Å². The Morgan fingerprint density at radius 2 is 1.92 bits per heavy atom. The molecule has 0 radical (unpaired) electrons. The highest BCUT2D eigenvalue weighted by Crippen LogP contribution is 2.36. The molecule has 4 rings (SSSR count). The highest BCUT2D eigenvalue weighted by atomic mass is 16.3. The van der Waals surface area contributed by atoms with Crippen LogP contribution in [0.3, 0.4) is 0 Å². The van der Waals surface area contributed by atoms with Gasteiger partial charge in [0.2, 0.25) is 0 Å². The van der Waals surface area contributed by atoms with Gasteiger partial charge in [0.05, 0.1) is 5.69 Å². The van der Waals surface area contributed by atoms with E-state index in [9.17, 15) is 5.11 Å². The molecule has 4 heteroatoms. The lowest BCUT2D eigenvalue weighted by Gasteiger charge is -2.34. The largest absolute Gasteiger partial charge is 0.384 e. The summed E-state index contributed by atoms with van der Waals surface area (Å²) in [6.45, 7) is 3.77. The zero-order chi connectivity index (χ0) is 17.1. The van der Waals surface area contributed by atoms with E-state index in [1.54, 1.807) is 0 Å². The fraction of sp³-hybridized carbons (Fsp3) is 0.476. The second-order valence-electron chi connectivity index (χ2n) is 7.44. The number of fused-ring (bicyclic) bond motifs is 1. The summed E-state index contributed by atoms with van der Waals surface area (Å²) in [6, 6.07) is 14.9. The number of hydrogen-bond donors (Lipinski definition) is 2. The molecule has 2 N–H and O–H groups in total. The number of piperidine rings is 1. The molecule has 0 spiro atoms. The van der Waals surface area contributed by atoms with Crippen LogP contribution in [0.4, 0.5) is 0 Å². The summed E-state index contributed by atoms with van der Waals surface area (Å²) in [7, 11) is 0. The van der Waals surface area contributed by atoms with Crippen LogP contribution in [0.25, 0.3) is 0 Å². The van der Waals surface area contributed by atoms with E-state index in [2.05, 4.69) is 45.5 Å². The molecule has 0 bridgehead atoms. The Hall–Kier alpha value is -1.75. The Bertz CT molecular complexity index is 697. The van der Waals surface area contributed by atoms with Crippen molar-refractivity contribution in [3.63, 3.8) is 0 Å². The molecule has 0 amide bonds. The van der Waals surface area contributed by atoms with E-state index in [0.717, 1.165) is 56.6 Å². The maximum atomic E-state index is 11.0. The first-order valence-corrected chi connectivity index (χ1v) is 9.39. The van der Waals surface area contributed by atoms with Crippen LogP contribution < -0.4 is 5.32 Å². The monoisotopic (exact) mass is 337 g/mol. The Morgan fingerprint density at radius 3 is 2.72 bits per heavy atom. The van der Waals surface area contributed by atoms with Gasteiger partial charge < -0.3 is 10.4 Å². The van der Waals surface area contributed by atoms with Gasteiger partial charge in [-0.25, -0.2) is 0 Å². The van der Waals surface area contributed by atoms with Gasteiger partial charge in [-0.05, 0) is 48.9 Å². The third-order valence-electron chi connectivity index (χ3n) is 5.71. The topological polar surface area (TPSA) is 48.4 Å². The van der Waals surface area contributed by atoms with Crippen molar-refractivity contribution in [3.05, 3.63) is 65.5 Å². The molecular formula is C21H27N3O. The normalized spacial score (nSPS) is 24.4. The molecule has 2 aromatic rings. The molecule has 1 aliphatic carbocycles. The lowest BCUT2D eigenvalue weighted by molar-refractivity contribution is 0.0327. The van der Waals surface area contributed by atoms with E-state index in [4.69, 9.17) is 0 Å². The molecule has 132 valence electrons. The maximum absolute atomic E-state index is 11.0. The quantitative estimate of drug-likeness (QED) is 0.880. The molecule has 0 unspecified atom stereocenters. The van der Waals surface area contributed by atoms with Gasteiger partial charge in [0.25, 0.3) is 0 Å². The summed E-state index contributed by atoms with van der Waals surface area (Å²) in [5.41, 5.74) is 2.87. The molecule has 1 atom stereocenters. The van der Waals surface area contributed by atoms with Crippen molar-refractivity contribution < 1.29 is 5.11 Å². The summed E-state index contributed by atoms with van der Waals surface area (Å²) in [5.74, 6) is 0. The predicted octanol–water partition coefficient (Wildman–Crippen LogP) is 2.47. The van der Waals surface area contributed by atoms with Crippen molar-refractivity contribution >= 4 is 0 Å². The Balaban J connectivity index is 1.27. The van der Waals surface area contributed by atoms with Gasteiger partial charge in [-0.2, -0.15) is 0 Å². The molecule has 1 aliphatic heterocycles. The average molecular weight is 337 g/mol. The summed E-state index contributed by atoms with van der Waals surface area (Å²) in [6.07, 6.45) is 5.94. The molecule has 1 aromatic carbocycles. The van der Waals surface area contributed by atoms with E-state index in [1.807, 2.05) is 18.3 Å². The third-order valence-corrected chi connectivity index (χ3v) is 5.71. The van der Waals surface area contributed by atoms with Crippen LogP contribution in [0.15, 0.2) is 48.7 Å². The van der Waals surface area contributed by atoms with Gasteiger partial charge in [-0.3, -0.25) is 9.88 Å². The number of aliphatic hydroxyl groups is 1. The van der Waals surface area contributed by atoms with Crippen LogP contribution in [0.2, 0.25) is 0 Å². The number of hydrogen-bond acceptors (Lipinski definition) is 4. The highest BCUT2D eigenvalue weighted by Gasteiger charge is 2.36. The minimum Gasteiger partial charge on any atom is -0.384 e. The van der Waals surface area contributed by atoms with E-state index < -0.39 is 5.60 Å². The SMILES string of the molecule is O[C@]1(CNC2CCN(Cc3ccccn3)CC2)CCc2ccccc21. The lowest BCUT2D eigenvalue weighted by atomic mass is 9.94. The van der Waals surface area contributed by atoms with Gasteiger partial charge >= 0.3 is 0 Å². The Labute approximate surface area is 149 Å².